The summed E-state index contributed by atoms with van der Waals surface area (Å²) in [5.41, 5.74) is 0. The number of amides is 1. The van der Waals surface area contributed by atoms with Crippen molar-refractivity contribution in [3.63, 3.8) is 0 Å². The van der Waals surface area contributed by atoms with E-state index in [0.717, 1.165) is 6.26 Å². The van der Waals surface area contributed by atoms with Crippen LogP contribution in [0.5, 0.6) is 5.75 Å². The molecule has 20 heavy (non-hydrogen) atoms. The van der Waals surface area contributed by atoms with Crippen LogP contribution in [-0.2, 0) is 14.6 Å². The van der Waals surface area contributed by atoms with Gasteiger partial charge in [-0.3, -0.25) is 4.79 Å². The first-order valence-corrected chi connectivity index (χ1v) is 7.23. The van der Waals surface area contributed by atoms with Crippen LogP contribution in [0.25, 0.3) is 0 Å². The maximum atomic E-state index is 11.8. The summed E-state index contributed by atoms with van der Waals surface area (Å²) in [4.78, 5) is 11.1. The Morgan fingerprint density at radius 2 is 1.80 bits per heavy atom. The molecule has 1 rings (SSSR count). The highest BCUT2D eigenvalue weighted by atomic mass is 32.2. The van der Waals surface area contributed by atoms with Gasteiger partial charge in [-0.25, -0.2) is 8.42 Å². The number of hydrogen-bond donors (Lipinski definition) is 1. The Bertz CT molecular complexity index is 566. The summed E-state index contributed by atoms with van der Waals surface area (Å²) in [7, 11) is -3.34. The van der Waals surface area contributed by atoms with Crippen molar-refractivity contribution in [3.8, 4) is 5.75 Å². The third kappa shape index (κ3) is 5.91. The highest BCUT2D eigenvalue weighted by Gasteiger charge is 2.27. The average Bonchev–Trinajstić information content (AvgIpc) is 2.32. The van der Waals surface area contributed by atoms with E-state index in [0.29, 0.717) is 0 Å². The van der Waals surface area contributed by atoms with Crippen molar-refractivity contribution >= 4 is 15.7 Å². The molecular weight excluding hydrogens is 299 g/mol. The molecule has 0 aliphatic carbocycles. The standard InChI is InChI=1S/C11H12F3NO4S/c1-20(17,18)9-4-2-8(3-5-9)19-6-10(16)15-7-11(12,13)14/h2-5H,6-7H2,1H3,(H,15,16). The quantitative estimate of drug-likeness (QED) is 0.885. The minimum Gasteiger partial charge on any atom is -0.484 e. The molecule has 0 saturated carbocycles. The highest BCUT2D eigenvalue weighted by Crippen LogP contribution is 2.16. The first-order valence-electron chi connectivity index (χ1n) is 5.34. The summed E-state index contributed by atoms with van der Waals surface area (Å²) < 4.78 is 62.8. The van der Waals surface area contributed by atoms with Gasteiger partial charge in [-0.15, -0.1) is 0 Å². The lowest BCUT2D eigenvalue weighted by Gasteiger charge is -2.09. The van der Waals surface area contributed by atoms with E-state index in [2.05, 4.69) is 0 Å². The molecule has 1 N–H and O–H groups in total. The molecule has 0 aliphatic rings. The van der Waals surface area contributed by atoms with Crippen LogP contribution in [0.3, 0.4) is 0 Å². The fourth-order valence-electron chi connectivity index (χ4n) is 1.18. The largest absolute Gasteiger partial charge is 0.484 e. The van der Waals surface area contributed by atoms with Crippen LogP contribution in [-0.4, -0.2) is 39.9 Å². The Morgan fingerprint density at radius 3 is 2.25 bits per heavy atom. The lowest BCUT2D eigenvalue weighted by atomic mass is 10.3. The Hall–Kier alpha value is -1.77. The fourth-order valence-corrected chi connectivity index (χ4v) is 1.81. The van der Waals surface area contributed by atoms with E-state index in [4.69, 9.17) is 4.74 Å². The molecule has 1 aromatic carbocycles. The van der Waals surface area contributed by atoms with Crippen molar-refractivity contribution in [2.45, 2.75) is 11.1 Å². The highest BCUT2D eigenvalue weighted by molar-refractivity contribution is 7.90. The van der Waals surface area contributed by atoms with Crippen molar-refractivity contribution in [1.29, 1.82) is 0 Å². The zero-order valence-corrected chi connectivity index (χ0v) is 11.2. The zero-order chi connectivity index (χ0) is 15.4. The number of rotatable bonds is 5. The maximum absolute atomic E-state index is 11.8. The van der Waals surface area contributed by atoms with E-state index in [1.807, 2.05) is 0 Å². The molecule has 0 bridgehead atoms. The van der Waals surface area contributed by atoms with Crippen LogP contribution in [0.2, 0.25) is 0 Å². The number of nitrogens with one attached hydrogen (secondary N) is 1. The lowest BCUT2D eigenvalue weighted by molar-refractivity contribution is -0.139. The molecule has 0 radical (unpaired) electrons. The van der Waals surface area contributed by atoms with Gasteiger partial charge in [0.05, 0.1) is 4.90 Å². The first-order chi connectivity index (χ1) is 9.08. The molecule has 0 aromatic heterocycles. The molecule has 1 aromatic rings. The zero-order valence-electron chi connectivity index (χ0n) is 10.4. The molecule has 5 nitrogen and oxygen atoms in total. The number of hydrogen-bond acceptors (Lipinski definition) is 4. The number of ether oxygens (including phenoxy) is 1. The number of sulfone groups is 1. The molecule has 9 heteroatoms. The van der Waals surface area contributed by atoms with Crippen molar-refractivity contribution in [2.75, 3.05) is 19.4 Å². The maximum Gasteiger partial charge on any atom is 0.405 e. The summed E-state index contributed by atoms with van der Waals surface area (Å²) in [6.45, 7) is -2.02. The Labute approximate surface area is 113 Å². The van der Waals surface area contributed by atoms with Gasteiger partial charge in [0.2, 0.25) is 0 Å². The van der Waals surface area contributed by atoms with E-state index in [1.165, 1.54) is 24.3 Å². The molecule has 0 heterocycles. The average molecular weight is 311 g/mol. The molecule has 0 fully saturated rings. The smallest absolute Gasteiger partial charge is 0.405 e. The number of benzene rings is 1. The monoisotopic (exact) mass is 311 g/mol. The van der Waals surface area contributed by atoms with Gasteiger partial charge in [-0.2, -0.15) is 13.2 Å². The molecule has 0 unspecified atom stereocenters. The van der Waals surface area contributed by atoms with Gasteiger partial charge in [0.15, 0.2) is 16.4 Å². The van der Waals surface area contributed by atoms with Gasteiger partial charge in [-0.1, -0.05) is 0 Å². The first kappa shape index (κ1) is 16.3. The van der Waals surface area contributed by atoms with E-state index in [9.17, 15) is 26.4 Å². The van der Waals surface area contributed by atoms with Gasteiger partial charge in [0, 0.05) is 6.26 Å². The third-order valence-corrected chi connectivity index (χ3v) is 3.24. The SMILES string of the molecule is CS(=O)(=O)c1ccc(OCC(=O)NCC(F)(F)F)cc1. The van der Waals surface area contributed by atoms with Gasteiger partial charge >= 0.3 is 6.18 Å². The topological polar surface area (TPSA) is 72.5 Å². The summed E-state index contributed by atoms with van der Waals surface area (Å²) >= 11 is 0. The minimum absolute atomic E-state index is 0.0753. The summed E-state index contributed by atoms with van der Waals surface area (Å²) in [6.07, 6.45) is -3.44. The van der Waals surface area contributed by atoms with Crippen LogP contribution >= 0.6 is 0 Å². The van der Waals surface area contributed by atoms with Crippen LogP contribution in [0.15, 0.2) is 29.2 Å². The Kier molecular flexibility index (Phi) is 4.98. The Morgan fingerprint density at radius 1 is 1.25 bits per heavy atom. The second-order valence-corrected chi connectivity index (χ2v) is 5.94. The summed E-state index contributed by atoms with van der Waals surface area (Å²) in [5.74, 6) is -0.742. The molecule has 0 aliphatic heterocycles. The van der Waals surface area contributed by atoms with Crippen molar-refractivity contribution in [2.24, 2.45) is 0 Å². The molecule has 0 spiro atoms. The van der Waals surface area contributed by atoms with Crippen molar-refractivity contribution < 1.29 is 31.1 Å². The van der Waals surface area contributed by atoms with Crippen LogP contribution < -0.4 is 10.1 Å². The molecule has 0 saturated heterocycles. The summed E-state index contributed by atoms with van der Waals surface area (Å²) in [5, 5.41) is 1.64. The molecule has 0 atom stereocenters. The van der Waals surface area contributed by atoms with Gasteiger partial charge in [0.1, 0.15) is 12.3 Å². The van der Waals surface area contributed by atoms with E-state index < -0.39 is 35.1 Å². The minimum atomic E-state index is -4.48. The van der Waals surface area contributed by atoms with Crippen LogP contribution in [0.1, 0.15) is 0 Å². The van der Waals surface area contributed by atoms with Crippen molar-refractivity contribution in [3.05, 3.63) is 24.3 Å². The van der Waals surface area contributed by atoms with E-state index in [-0.39, 0.29) is 10.6 Å². The molecular formula is C11H12F3NO4S. The normalized spacial score (nSPS) is 12.0. The second kappa shape index (κ2) is 6.12. The van der Waals surface area contributed by atoms with Crippen LogP contribution in [0, 0.1) is 0 Å². The predicted octanol–water partition coefficient (Wildman–Crippen LogP) is 1.15. The number of halogens is 3. The van der Waals surface area contributed by atoms with E-state index >= 15 is 0 Å². The van der Waals surface area contributed by atoms with Crippen LogP contribution in [0.4, 0.5) is 13.2 Å². The molecule has 1 amide bonds. The van der Waals surface area contributed by atoms with Gasteiger partial charge in [-0.05, 0) is 24.3 Å². The second-order valence-electron chi connectivity index (χ2n) is 3.92. The van der Waals surface area contributed by atoms with Gasteiger partial charge < -0.3 is 10.1 Å². The summed E-state index contributed by atoms with van der Waals surface area (Å²) in [6, 6.07) is 5.18. The van der Waals surface area contributed by atoms with E-state index in [1.54, 1.807) is 5.32 Å². The van der Waals surface area contributed by atoms with Gasteiger partial charge in [0.25, 0.3) is 5.91 Å². The number of carbonyl (C=O) groups is 1. The number of carbonyl (C=O) groups excluding carboxylic acids is 1. The fraction of sp³-hybridized carbons (Fsp3) is 0.364. The molecule has 112 valence electrons. The number of alkyl halides is 3. The lowest BCUT2D eigenvalue weighted by Crippen LogP contribution is -2.36. The Balaban J connectivity index is 2.48. The van der Waals surface area contributed by atoms with Crippen molar-refractivity contribution in [1.82, 2.24) is 5.32 Å². The predicted molar refractivity (Wildman–Crippen MR) is 64.1 cm³/mol. The third-order valence-electron chi connectivity index (χ3n) is 2.11.